The zero-order chi connectivity index (χ0) is 15.3. The third-order valence-corrected chi connectivity index (χ3v) is 5.22. The van der Waals surface area contributed by atoms with Gasteiger partial charge in [-0.05, 0) is 70.1 Å². The zero-order valence-corrected chi connectivity index (χ0v) is 15.2. The molecule has 1 aliphatic rings. The van der Waals surface area contributed by atoms with E-state index in [0.717, 1.165) is 43.8 Å². The van der Waals surface area contributed by atoms with Gasteiger partial charge in [0.25, 0.3) is 0 Å². The van der Waals surface area contributed by atoms with Crippen LogP contribution in [0.25, 0.3) is 27.4 Å². The van der Waals surface area contributed by atoms with Crippen LogP contribution in [0.4, 0.5) is 0 Å². The Morgan fingerprint density at radius 3 is 2.77 bits per heavy atom. The Balaban J connectivity index is 2.10. The minimum Gasteiger partial charge on any atom is -0.496 e. The Hall–Kier alpha value is -1.39. The summed E-state index contributed by atoms with van der Waals surface area (Å²) < 4.78 is 7.58. The lowest BCUT2D eigenvalue weighted by molar-refractivity contribution is 0.366. The summed E-state index contributed by atoms with van der Waals surface area (Å²) in [5, 5.41) is 3.54. The van der Waals surface area contributed by atoms with E-state index in [0.29, 0.717) is 0 Å². The summed E-state index contributed by atoms with van der Waals surface area (Å²) in [6.07, 6.45) is 6.18. The molecule has 22 heavy (non-hydrogen) atoms. The summed E-state index contributed by atoms with van der Waals surface area (Å²) in [7, 11) is 1.73. The van der Waals surface area contributed by atoms with E-state index in [4.69, 9.17) is 4.74 Å². The lowest BCUT2D eigenvalue weighted by atomic mass is 9.92. The number of allylic oxidation sites excluding steroid dienone is 1. The Labute approximate surface area is 145 Å². The molecule has 0 N–H and O–H groups in total. The molecule has 4 heteroatoms. The largest absolute Gasteiger partial charge is 0.496 e. The summed E-state index contributed by atoms with van der Waals surface area (Å²) in [6.45, 7) is 0. The number of benzene rings is 2. The van der Waals surface area contributed by atoms with E-state index in [1.807, 2.05) is 12.3 Å². The van der Waals surface area contributed by atoms with Crippen molar-refractivity contribution >= 4 is 59.3 Å². The minimum absolute atomic E-state index is 0.971. The molecule has 3 aromatic rings. The molecular weight excluding hydrogens is 406 g/mol. The Bertz CT molecular complexity index is 947. The highest BCUT2D eigenvalue weighted by Crippen LogP contribution is 2.36. The van der Waals surface area contributed by atoms with Gasteiger partial charge in [-0.25, -0.2) is 0 Å². The molecule has 2 aromatic carbocycles. The molecular formula is C18H13Br2NO. The van der Waals surface area contributed by atoms with Crippen LogP contribution in [0.5, 0.6) is 0 Å². The first kappa shape index (κ1) is 14.2. The van der Waals surface area contributed by atoms with Crippen LogP contribution >= 0.6 is 31.9 Å². The molecule has 0 aliphatic heterocycles. The molecule has 1 aromatic heterocycles. The van der Waals surface area contributed by atoms with Crippen molar-refractivity contribution in [2.75, 3.05) is 7.11 Å². The van der Waals surface area contributed by atoms with E-state index in [9.17, 15) is 0 Å². The highest BCUT2D eigenvalue weighted by molar-refractivity contribution is 9.11. The van der Waals surface area contributed by atoms with E-state index in [1.54, 1.807) is 7.11 Å². The van der Waals surface area contributed by atoms with Crippen LogP contribution in [0, 0.1) is 0 Å². The van der Waals surface area contributed by atoms with Crippen LogP contribution in [0.3, 0.4) is 0 Å². The first-order valence-corrected chi connectivity index (χ1v) is 8.71. The van der Waals surface area contributed by atoms with Crippen molar-refractivity contribution in [2.45, 2.75) is 12.8 Å². The summed E-state index contributed by atoms with van der Waals surface area (Å²) >= 11 is 7.19. The number of nitrogens with zero attached hydrogens (tertiary/aromatic N) is 1. The van der Waals surface area contributed by atoms with Crippen LogP contribution in [-0.2, 0) is 11.2 Å². The average molecular weight is 419 g/mol. The van der Waals surface area contributed by atoms with Gasteiger partial charge in [0.15, 0.2) is 0 Å². The van der Waals surface area contributed by atoms with E-state index >= 15 is 0 Å². The normalized spacial score (nSPS) is 14.0. The van der Waals surface area contributed by atoms with Crippen LogP contribution in [0.15, 0.2) is 45.5 Å². The van der Waals surface area contributed by atoms with Crippen LogP contribution < -0.4 is 0 Å². The van der Waals surface area contributed by atoms with Gasteiger partial charge in [-0.15, -0.1) is 0 Å². The van der Waals surface area contributed by atoms with Gasteiger partial charge in [0.1, 0.15) is 5.76 Å². The highest BCUT2D eigenvalue weighted by atomic mass is 79.9. The monoisotopic (exact) mass is 417 g/mol. The quantitative estimate of drug-likeness (QED) is 0.462. The van der Waals surface area contributed by atoms with Gasteiger partial charge in [-0.3, -0.25) is 4.98 Å². The van der Waals surface area contributed by atoms with Crippen molar-refractivity contribution in [3.63, 3.8) is 0 Å². The van der Waals surface area contributed by atoms with Crippen molar-refractivity contribution in [1.29, 1.82) is 0 Å². The third kappa shape index (κ3) is 2.17. The van der Waals surface area contributed by atoms with Gasteiger partial charge < -0.3 is 4.74 Å². The molecule has 1 aliphatic carbocycles. The van der Waals surface area contributed by atoms with Gasteiger partial charge in [-0.1, -0.05) is 15.9 Å². The van der Waals surface area contributed by atoms with E-state index < -0.39 is 0 Å². The molecule has 0 fully saturated rings. The van der Waals surface area contributed by atoms with Crippen molar-refractivity contribution in [3.8, 4) is 0 Å². The van der Waals surface area contributed by atoms with Crippen molar-refractivity contribution < 1.29 is 4.74 Å². The first-order valence-electron chi connectivity index (χ1n) is 7.12. The summed E-state index contributed by atoms with van der Waals surface area (Å²) in [6, 6.07) is 8.66. The van der Waals surface area contributed by atoms with Crippen molar-refractivity contribution in [1.82, 2.24) is 4.98 Å². The molecule has 4 rings (SSSR count). The maximum atomic E-state index is 5.52. The molecule has 0 saturated carbocycles. The fraction of sp³-hybridized carbons (Fsp3) is 0.167. The smallest absolute Gasteiger partial charge is 0.122 e. The highest BCUT2D eigenvalue weighted by Gasteiger charge is 2.16. The molecule has 0 saturated heterocycles. The number of rotatable bonds is 1. The molecule has 110 valence electrons. The van der Waals surface area contributed by atoms with Gasteiger partial charge in [0, 0.05) is 31.5 Å². The first-order chi connectivity index (χ1) is 10.7. The number of pyridine rings is 1. The molecule has 0 atom stereocenters. The lowest BCUT2D eigenvalue weighted by Crippen LogP contribution is -2.01. The SMILES string of the molecule is COC1=CCCc2cc3c(cnc4c(Br)cc(Br)cc43)cc21. The fourth-order valence-electron chi connectivity index (χ4n) is 3.14. The predicted octanol–water partition coefficient (Wildman–Crippen LogP) is 5.85. The molecule has 0 amide bonds. The number of fused-ring (bicyclic) bond motifs is 4. The maximum absolute atomic E-state index is 5.52. The average Bonchev–Trinajstić information content (AvgIpc) is 2.52. The van der Waals surface area contributed by atoms with E-state index in [1.165, 1.54) is 16.5 Å². The number of aryl methyl sites for hydroxylation is 1. The standard InChI is InChI=1S/C18H13Br2NO/c1-22-17-4-2-3-10-5-13-11(6-14(10)17)9-21-18-15(13)7-12(19)8-16(18)20/h4-9H,2-3H2,1H3. The number of methoxy groups -OCH3 is 1. The predicted molar refractivity (Wildman–Crippen MR) is 98.0 cm³/mol. The van der Waals surface area contributed by atoms with Gasteiger partial charge >= 0.3 is 0 Å². The summed E-state index contributed by atoms with van der Waals surface area (Å²) in [4.78, 5) is 4.62. The van der Waals surface area contributed by atoms with Crippen LogP contribution in [0.1, 0.15) is 17.5 Å². The number of hydrogen-bond donors (Lipinski definition) is 0. The van der Waals surface area contributed by atoms with Crippen molar-refractivity contribution in [2.24, 2.45) is 0 Å². The van der Waals surface area contributed by atoms with Gasteiger partial charge in [0.2, 0.25) is 0 Å². The van der Waals surface area contributed by atoms with Crippen LogP contribution in [0.2, 0.25) is 0 Å². The Kier molecular flexibility index (Phi) is 3.46. The number of aromatic nitrogens is 1. The maximum Gasteiger partial charge on any atom is 0.122 e. The zero-order valence-electron chi connectivity index (χ0n) is 12.0. The number of ether oxygens (including phenoxy) is 1. The Morgan fingerprint density at radius 1 is 1.09 bits per heavy atom. The molecule has 2 nitrogen and oxygen atoms in total. The van der Waals surface area contributed by atoms with Crippen molar-refractivity contribution in [3.05, 3.63) is 56.6 Å². The molecule has 1 heterocycles. The molecule has 0 spiro atoms. The molecule has 0 radical (unpaired) electrons. The molecule has 0 unspecified atom stereocenters. The second kappa shape index (κ2) is 5.36. The Morgan fingerprint density at radius 2 is 1.95 bits per heavy atom. The lowest BCUT2D eigenvalue weighted by Gasteiger charge is -2.18. The number of halogens is 2. The van der Waals surface area contributed by atoms with Gasteiger partial charge in [0.05, 0.1) is 12.6 Å². The van der Waals surface area contributed by atoms with Gasteiger partial charge in [-0.2, -0.15) is 0 Å². The summed E-state index contributed by atoms with van der Waals surface area (Å²) in [5.41, 5.74) is 3.53. The third-order valence-electron chi connectivity index (χ3n) is 4.16. The second-order valence-corrected chi connectivity index (χ2v) is 7.22. The summed E-state index contributed by atoms with van der Waals surface area (Å²) in [5.74, 6) is 0.971. The second-order valence-electron chi connectivity index (χ2n) is 5.45. The fourth-order valence-corrected chi connectivity index (χ4v) is 4.46. The van der Waals surface area contributed by atoms with E-state index in [-0.39, 0.29) is 0 Å². The molecule has 0 bridgehead atoms. The topological polar surface area (TPSA) is 22.1 Å². The number of hydrogen-bond acceptors (Lipinski definition) is 2. The minimum atomic E-state index is 0.971. The van der Waals surface area contributed by atoms with Crippen LogP contribution in [-0.4, -0.2) is 12.1 Å². The van der Waals surface area contributed by atoms with E-state index in [2.05, 4.69) is 61.1 Å².